The van der Waals surface area contributed by atoms with Crippen LogP contribution in [0.2, 0.25) is 0 Å². The van der Waals surface area contributed by atoms with Crippen molar-refractivity contribution in [3.8, 4) is 0 Å². The second-order valence-electron chi connectivity index (χ2n) is 6.54. The molecule has 0 N–H and O–H groups in total. The van der Waals surface area contributed by atoms with Gasteiger partial charge in [0.2, 0.25) is 0 Å². The van der Waals surface area contributed by atoms with Gasteiger partial charge in [-0.05, 0) is 17.9 Å². The van der Waals surface area contributed by atoms with E-state index in [0.29, 0.717) is 29.6 Å². The number of nitrogens with zero attached hydrogens (tertiary/aromatic N) is 3. The Morgan fingerprint density at radius 3 is 1.93 bits per heavy atom. The van der Waals surface area contributed by atoms with Gasteiger partial charge >= 0.3 is 6.18 Å². The van der Waals surface area contributed by atoms with Gasteiger partial charge < -0.3 is 0 Å². The van der Waals surface area contributed by atoms with E-state index in [-0.39, 0.29) is 34.1 Å². The largest absolute Gasteiger partial charge is 0.434 e. The lowest BCUT2D eigenvalue weighted by Crippen LogP contribution is -2.23. The fourth-order valence-corrected chi connectivity index (χ4v) is 4.93. The van der Waals surface area contributed by atoms with E-state index in [4.69, 9.17) is 0 Å². The predicted molar refractivity (Wildman–Crippen MR) is 100 cm³/mol. The van der Waals surface area contributed by atoms with Crippen LogP contribution in [0.1, 0.15) is 48.4 Å². The molecule has 0 aromatic carbocycles. The molecule has 0 atom stereocenters. The van der Waals surface area contributed by atoms with Gasteiger partial charge in [-0.15, -0.1) is 23.5 Å². The molecule has 0 spiro atoms. The zero-order valence-electron chi connectivity index (χ0n) is 14.7. The number of aliphatic imine (C=N–C) groups is 2. The molecular formula is C17H18F5N3S2. The standard InChI is InChI=1S/C17H18F5N3S2/c1-8(2)7-9-10(15-23-3-5-26-15)12(14(18)19)25-13(17(20,21)22)11(9)16-24-4-6-27-16/h8,14H,3-7H2,1-2H3. The van der Waals surface area contributed by atoms with E-state index in [1.165, 1.54) is 23.5 Å². The number of alkyl halides is 5. The lowest BCUT2D eigenvalue weighted by Gasteiger charge is -2.23. The molecule has 0 aliphatic carbocycles. The number of aromatic nitrogens is 1. The maximum Gasteiger partial charge on any atom is 0.434 e. The smallest absolute Gasteiger partial charge is 0.277 e. The van der Waals surface area contributed by atoms with Gasteiger partial charge in [-0.2, -0.15) is 13.2 Å². The summed E-state index contributed by atoms with van der Waals surface area (Å²) in [6.07, 6.45) is -7.75. The van der Waals surface area contributed by atoms with Crippen molar-refractivity contribution < 1.29 is 22.0 Å². The van der Waals surface area contributed by atoms with Crippen LogP contribution in [0.3, 0.4) is 0 Å². The van der Waals surface area contributed by atoms with Crippen LogP contribution in [0, 0.1) is 5.92 Å². The Morgan fingerprint density at radius 2 is 1.52 bits per heavy atom. The van der Waals surface area contributed by atoms with Crippen molar-refractivity contribution in [3.05, 3.63) is 28.1 Å². The fraction of sp³-hybridized carbons (Fsp3) is 0.588. The van der Waals surface area contributed by atoms with Crippen molar-refractivity contribution in [2.75, 3.05) is 24.6 Å². The Kier molecular flexibility index (Phi) is 6.14. The van der Waals surface area contributed by atoms with Crippen LogP contribution in [0.5, 0.6) is 0 Å². The van der Waals surface area contributed by atoms with Crippen LogP contribution >= 0.6 is 23.5 Å². The molecule has 1 aromatic rings. The zero-order valence-corrected chi connectivity index (χ0v) is 16.4. The summed E-state index contributed by atoms with van der Waals surface area (Å²) in [5.74, 6) is 1.15. The molecule has 0 saturated carbocycles. The Balaban J connectivity index is 2.39. The van der Waals surface area contributed by atoms with Gasteiger partial charge in [0.05, 0.1) is 0 Å². The molecule has 10 heteroatoms. The second-order valence-corrected chi connectivity index (χ2v) is 8.71. The van der Waals surface area contributed by atoms with Crippen LogP contribution in [0.15, 0.2) is 9.98 Å². The Morgan fingerprint density at radius 1 is 0.963 bits per heavy atom. The molecule has 0 bridgehead atoms. The van der Waals surface area contributed by atoms with Gasteiger partial charge in [-0.3, -0.25) is 9.98 Å². The fourth-order valence-electron chi connectivity index (χ4n) is 3.07. The number of hydrogen-bond acceptors (Lipinski definition) is 5. The molecule has 0 unspecified atom stereocenters. The summed E-state index contributed by atoms with van der Waals surface area (Å²) in [7, 11) is 0. The summed E-state index contributed by atoms with van der Waals surface area (Å²) in [4.78, 5) is 11.9. The van der Waals surface area contributed by atoms with Crippen molar-refractivity contribution in [1.29, 1.82) is 0 Å². The van der Waals surface area contributed by atoms with Crippen molar-refractivity contribution in [2.24, 2.45) is 15.9 Å². The monoisotopic (exact) mass is 423 g/mol. The van der Waals surface area contributed by atoms with Crippen LogP contribution in [-0.2, 0) is 12.6 Å². The maximum atomic E-state index is 13.8. The summed E-state index contributed by atoms with van der Waals surface area (Å²) in [6, 6.07) is 0. The van der Waals surface area contributed by atoms with Crippen molar-refractivity contribution >= 4 is 33.6 Å². The molecule has 1 aromatic heterocycles. The third-order valence-electron chi connectivity index (χ3n) is 4.02. The molecule has 0 saturated heterocycles. The highest BCUT2D eigenvalue weighted by Gasteiger charge is 2.42. The van der Waals surface area contributed by atoms with Gasteiger partial charge in [0, 0.05) is 35.7 Å². The van der Waals surface area contributed by atoms with Gasteiger partial charge in [-0.1, -0.05) is 13.8 Å². The first-order valence-electron chi connectivity index (χ1n) is 8.47. The lowest BCUT2D eigenvalue weighted by molar-refractivity contribution is -0.141. The third-order valence-corrected chi connectivity index (χ3v) is 6.00. The molecule has 3 rings (SSSR count). The third kappa shape index (κ3) is 4.31. The minimum Gasteiger partial charge on any atom is -0.277 e. The molecule has 2 aliphatic heterocycles. The number of rotatable bonds is 5. The topological polar surface area (TPSA) is 37.6 Å². The van der Waals surface area contributed by atoms with Crippen molar-refractivity contribution in [3.63, 3.8) is 0 Å². The summed E-state index contributed by atoms with van der Waals surface area (Å²) >= 11 is 2.49. The van der Waals surface area contributed by atoms with E-state index in [1.807, 2.05) is 13.8 Å². The van der Waals surface area contributed by atoms with E-state index < -0.39 is 24.0 Å². The minimum absolute atomic E-state index is 0.0319. The molecule has 0 amide bonds. The second kappa shape index (κ2) is 8.06. The van der Waals surface area contributed by atoms with Gasteiger partial charge in [-0.25, -0.2) is 13.8 Å². The lowest BCUT2D eigenvalue weighted by atomic mass is 9.91. The minimum atomic E-state index is -4.85. The van der Waals surface area contributed by atoms with Crippen LogP contribution < -0.4 is 0 Å². The average molecular weight is 423 g/mol. The highest BCUT2D eigenvalue weighted by Crippen LogP contribution is 2.41. The number of hydrogen-bond donors (Lipinski definition) is 0. The molecule has 0 radical (unpaired) electrons. The van der Waals surface area contributed by atoms with E-state index in [0.717, 1.165) is 0 Å². The number of pyridine rings is 1. The zero-order chi connectivity index (χ0) is 19.8. The molecule has 0 fully saturated rings. The molecular weight excluding hydrogens is 405 g/mol. The van der Waals surface area contributed by atoms with Crippen LogP contribution in [0.4, 0.5) is 22.0 Å². The van der Waals surface area contributed by atoms with Crippen molar-refractivity contribution in [2.45, 2.75) is 32.9 Å². The first-order valence-corrected chi connectivity index (χ1v) is 10.4. The van der Waals surface area contributed by atoms with Gasteiger partial charge in [0.25, 0.3) is 6.43 Å². The van der Waals surface area contributed by atoms with Gasteiger partial charge in [0.15, 0.2) is 5.69 Å². The summed E-state index contributed by atoms with van der Waals surface area (Å²) in [5.41, 5.74) is -1.94. The first-order chi connectivity index (χ1) is 12.7. The summed E-state index contributed by atoms with van der Waals surface area (Å²) in [6.45, 7) is 4.54. The number of thioether (sulfide) groups is 2. The molecule has 2 aliphatic rings. The predicted octanol–water partition coefficient (Wildman–Crippen LogP) is 5.22. The Bertz CT molecular complexity index is 788. The molecule has 148 valence electrons. The summed E-state index contributed by atoms with van der Waals surface area (Å²) < 4.78 is 68.8. The van der Waals surface area contributed by atoms with Crippen LogP contribution in [-0.4, -0.2) is 39.7 Å². The van der Waals surface area contributed by atoms with E-state index in [9.17, 15) is 22.0 Å². The number of halogens is 5. The van der Waals surface area contributed by atoms with E-state index >= 15 is 0 Å². The highest BCUT2D eigenvalue weighted by atomic mass is 32.2. The quantitative estimate of drug-likeness (QED) is 0.609. The molecule has 3 nitrogen and oxygen atoms in total. The van der Waals surface area contributed by atoms with Crippen molar-refractivity contribution in [1.82, 2.24) is 4.98 Å². The first kappa shape index (κ1) is 20.6. The normalized spacial score (nSPS) is 17.8. The maximum absolute atomic E-state index is 13.8. The van der Waals surface area contributed by atoms with E-state index in [1.54, 1.807) is 0 Å². The average Bonchev–Trinajstić information content (AvgIpc) is 3.26. The Hall–Kier alpha value is -1.16. The SMILES string of the molecule is CC(C)Cc1c(C2=NCCS2)c(C(F)F)nc(C(F)(F)F)c1C1=NCCS1. The Labute approximate surface area is 162 Å². The van der Waals surface area contributed by atoms with Crippen LogP contribution in [0.25, 0.3) is 0 Å². The van der Waals surface area contributed by atoms with E-state index in [2.05, 4.69) is 15.0 Å². The van der Waals surface area contributed by atoms with Gasteiger partial charge in [0.1, 0.15) is 15.8 Å². The summed E-state index contributed by atoms with van der Waals surface area (Å²) in [5, 5.41) is 0.586. The molecule has 3 heterocycles. The highest BCUT2D eigenvalue weighted by molar-refractivity contribution is 8.15. The molecule has 27 heavy (non-hydrogen) atoms.